The summed E-state index contributed by atoms with van der Waals surface area (Å²) < 4.78 is 5.56. The number of benzene rings is 1. The van der Waals surface area contributed by atoms with Crippen molar-refractivity contribution in [1.29, 1.82) is 0 Å². The summed E-state index contributed by atoms with van der Waals surface area (Å²) >= 11 is 0. The molecule has 2 aliphatic heterocycles. The number of hydrogen-bond donors (Lipinski definition) is 0. The second-order valence-corrected chi connectivity index (χ2v) is 6.01. The van der Waals surface area contributed by atoms with Crippen LogP contribution in [0, 0.1) is 0 Å². The van der Waals surface area contributed by atoms with E-state index in [1.54, 1.807) is 0 Å². The zero-order valence-electron chi connectivity index (χ0n) is 11.4. The second kappa shape index (κ2) is 5.81. The molecule has 0 aromatic heterocycles. The minimum atomic E-state index is -0.163. The molecule has 19 heavy (non-hydrogen) atoms. The Hall–Kier alpha value is -1.25. The topological polar surface area (TPSA) is 26.3 Å². The van der Waals surface area contributed by atoms with Gasteiger partial charge in [-0.05, 0) is 12.1 Å². The van der Waals surface area contributed by atoms with Crippen LogP contribution in [0.2, 0.25) is 11.6 Å². The van der Waals surface area contributed by atoms with Crippen molar-refractivity contribution < 1.29 is 9.53 Å². The van der Waals surface area contributed by atoms with E-state index in [1.807, 2.05) is 30.3 Å². The molecule has 0 amide bonds. The smallest absolute Gasteiger partial charge is 0.337 e. The van der Waals surface area contributed by atoms with E-state index in [4.69, 9.17) is 4.74 Å². The Bertz CT molecular complexity index is 410. The largest absolute Gasteiger partial charge is 0.471 e. The molecule has 1 aromatic rings. The summed E-state index contributed by atoms with van der Waals surface area (Å²) in [6.07, 6.45) is 8.10. The molecule has 0 aliphatic carbocycles. The molecule has 3 heteroatoms. The summed E-state index contributed by atoms with van der Waals surface area (Å²) in [6, 6.07) is 9.33. The molecule has 2 bridgehead atoms. The highest BCUT2D eigenvalue weighted by atomic mass is 16.5. The lowest BCUT2D eigenvalue weighted by atomic mass is 9.28. The van der Waals surface area contributed by atoms with Crippen molar-refractivity contribution in [2.75, 3.05) is 6.51 Å². The molecular formula is C16H21BO2. The quantitative estimate of drug-likeness (QED) is 0.603. The van der Waals surface area contributed by atoms with E-state index in [0.717, 1.165) is 11.6 Å². The van der Waals surface area contributed by atoms with Crippen LogP contribution in [0.5, 0.6) is 0 Å². The minimum absolute atomic E-state index is 0.163. The fraction of sp³-hybridized carbons (Fsp3) is 0.562. The van der Waals surface area contributed by atoms with Crippen molar-refractivity contribution in [2.45, 2.75) is 50.2 Å². The zero-order valence-corrected chi connectivity index (χ0v) is 11.4. The Morgan fingerprint density at radius 3 is 2.21 bits per heavy atom. The van der Waals surface area contributed by atoms with Gasteiger partial charge in [-0.3, -0.25) is 0 Å². The molecule has 2 nitrogen and oxygen atoms in total. The maximum atomic E-state index is 12.0. The Morgan fingerprint density at radius 1 is 1.05 bits per heavy atom. The van der Waals surface area contributed by atoms with Gasteiger partial charge in [0.25, 0.3) is 0 Å². The van der Waals surface area contributed by atoms with Gasteiger partial charge in [0.15, 0.2) is 6.71 Å². The van der Waals surface area contributed by atoms with Crippen LogP contribution in [-0.4, -0.2) is 19.2 Å². The number of hydrogen-bond acceptors (Lipinski definition) is 2. The van der Waals surface area contributed by atoms with Gasteiger partial charge in [0.2, 0.25) is 0 Å². The Labute approximate surface area is 115 Å². The van der Waals surface area contributed by atoms with E-state index >= 15 is 0 Å². The van der Waals surface area contributed by atoms with Crippen LogP contribution in [0.1, 0.15) is 48.9 Å². The third-order valence-electron chi connectivity index (χ3n) is 4.93. The molecule has 0 saturated carbocycles. The molecule has 2 heterocycles. The van der Waals surface area contributed by atoms with E-state index < -0.39 is 0 Å². The van der Waals surface area contributed by atoms with Gasteiger partial charge in [-0.25, -0.2) is 4.79 Å². The first-order valence-electron chi connectivity index (χ1n) is 7.57. The van der Waals surface area contributed by atoms with Crippen LogP contribution in [-0.2, 0) is 4.74 Å². The van der Waals surface area contributed by atoms with E-state index in [-0.39, 0.29) is 5.97 Å². The van der Waals surface area contributed by atoms with Crippen LogP contribution < -0.4 is 0 Å². The van der Waals surface area contributed by atoms with Crippen LogP contribution in [0.25, 0.3) is 0 Å². The third-order valence-corrected chi connectivity index (χ3v) is 4.93. The van der Waals surface area contributed by atoms with Gasteiger partial charge in [0, 0.05) is 0 Å². The number of rotatable bonds is 3. The lowest BCUT2D eigenvalue weighted by Crippen LogP contribution is -2.39. The standard InChI is InChI=1S/C16H21BO2/c18-16(13-6-2-1-3-7-13)19-12-17-14-8-4-9-15(17)11-5-10-14/h1-3,6-7,14-15H,4-5,8-12H2. The Kier molecular flexibility index (Phi) is 3.91. The summed E-state index contributed by atoms with van der Waals surface area (Å²) in [5.74, 6) is 1.44. The lowest BCUT2D eigenvalue weighted by Gasteiger charge is -2.39. The van der Waals surface area contributed by atoms with Gasteiger partial charge in [0.1, 0.15) is 0 Å². The molecule has 2 aliphatic rings. The molecule has 0 spiro atoms. The third kappa shape index (κ3) is 2.85. The molecule has 2 fully saturated rings. The monoisotopic (exact) mass is 256 g/mol. The first-order valence-corrected chi connectivity index (χ1v) is 7.57. The Balaban J connectivity index is 1.58. The molecule has 0 unspecified atom stereocenters. The van der Waals surface area contributed by atoms with Gasteiger partial charge in [-0.15, -0.1) is 0 Å². The highest BCUT2D eigenvalue weighted by Gasteiger charge is 2.39. The van der Waals surface area contributed by atoms with E-state index in [9.17, 15) is 4.79 Å². The van der Waals surface area contributed by atoms with Crippen LogP contribution in [0.15, 0.2) is 30.3 Å². The average Bonchev–Trinajstić information content (AvgIpc) is 2.45. The lowest BCUT2D eigenvalue weighted by molar-refractivity contribution is 0.0563. The molecule has 0 atom stereocenters. The maximum Gasteiger partial charge on any atom is 0.337 e. The van der Waals surface area contributed by atoms with Gasteiger partial charge in [0.05, 0.1) is 12.1 Å². The fourth-order valence-electron chi connectivity index (χ4n) is 3.92. The van der Waals surface area contributed by atoms with E-state index in [1.165, 1.54) is 38.5 Å². The van der Waals surface area contributed by atoms with Gasteiger partial charge in [-0.2, -0.15) is 0 Å². The van der Waals surface area contributed by atoms with Gasteiger partial charge in [-0.1, -0.05) is 68.4 Å². The first kappa shape index (κ1) is 12.8. The molecule has 3 rings (SSSR count). The number of esters is 1. The number of fused-ring (bicyclic) bond motifs is 2. The normalized spacial score (nSPS) is 26.0. The molecule has 0 N–H and O–H groups in total. The Morgan fingerprint density at radius 2 is 1.63 bits per heavy atom. The van der Waals surface area contributed by atoms with Crippen molar-refractivity contribution in [2.24, 2.45) is 0 Å². The zero-order chi connectivity index (χ0) is 13.1. The van der Waals surface area contributed by atoms with Crippen molar-refractivity contribution in [3.8, 4) is 0 Å². The van der Waals surface area contributed by atoms with Gasteiger partial charge >= 0.3 is 5.97 Å². The summed E-state index contributed by atoms with van der Waals surface area (Å²) in [5, 5.41) is 0. The molecule has 0 radical (unpaired) electrons. The second-order valence-electron chi connectivity index (χ2n) is 6.01. The summed E-state index contributed by atoms with van der Waals surface area (Å²) in [4.78, 5) is 12.0. The molecule has 2 saturated heterocycles. The van der Waals surface area contributed by atoms with Crippen LogP contribution >= 0.6 is 0 Å². The summed E-state index contributed by atoms with van der Waals surface area (Å²) in [7, 11) is 0. The minimum Gasteiger partial charge on any atom is -0.471 e. The summed E-state index contributed by atoms with van der Waals surface area (Å²) in [5.41, 5.74) is 0.670. The number of ether oxygens (including phenoxy) is 1. The SMILES string of the molecule is O=C(OCB1C2CCCC1CCC2)c1ccccc1. The highest BCUT2D eigenvalue weighted by molar-refractivity contribution is 6.62. The number of carbonyl (C=O) groups excluding carboxylic acids is 1. The van der Waals surface area contributed by atoms with Crippen LogP contribution in [0.3, 0.4) is 0 Å². The van der Waals surface area contributed by atoms with E-state index in [2.05, 4.69) is 0 Å². The van der Waals surface area contributed by atoms with Crippen molar-refractivity contribution in [3.05, 3.63) is 35.9 Å². The van der Waals surface area contributed by atoms with E-state index in [0.29, 0.717) is 18.8 Å². The van der Waals surface area contributed by atoms with Crippen LogP contribution in [0.4, 0.5) is 0 Å². The van der Waals surface area contributed by atoms with Gasteiger partial charge < -0.3 is 4.74 Å². The molecular weight excluding hydrogens is 235 g/mol. The average molecular weight is 256 g/mol. The first-order chi connectivity index (χ1) is 9.34. The fourth-order valence-corrected chi connectivity index (χ4v) is 3.92. The van der Waals surface area contributed by atoms with Crippen molar-refractivity contribution in [3.63, 3.8) is 0 Å². The predicted molar refractivity (Wildman–Crippen MR) is 77.7 cm³/mol. The highest BCUT2D eigenvalue weighted by Crippen LogP contribution is 2.46. The van der Waals surface area contributed by atoms with Crippen molar-refractivity contribution >= 4 is 12.7 Å². The van der Waals surface area contributed by atoms with Crippen molar-refractivity contribution in [1.82, 2.24) is 0 Å². The molecule has 1 aromatic carbocycles. The maximum absolute atomic E-state index is 12.0. The summed E-state index contributed by atoms with van der Waals surface area (Å²) in [6.45, 7) is 1.25. The number of carbonyl (C=O) groups is 1. The predicted octanol–water partition coefficient (Wildman–Crippen LogP) is 3.99. The molecule has 100 valence electrons.